The van der Waals surface area contributed by atoms with Crippen LogP contribution < -0.4 is 5.43 Å². The van der Waals surface area contributed by atoms with Gasteiger partial charge in [-0.2, -0.15) is 0 Å². The topological polar surface area (TPSA) is 45.5 Å². The van der Waals surface area contributed by atoms with Gasteiger partial charge >= 0.3 is 0 Å². The summed E-state index contributed by atoms with van der Waals surface area (Å²) >= 11 is 0. The van der Waals surface area contributed by atoms with Crippen LogP contribution in [0, 0.1) is 6.92 Å². The van der Waals surface area contributed by atoms with Crippen molar-refractivity contribution < 1.29 is 5.11 Å². The number of aromatic nitrogens is 1. The molecule has 0 atom stereocenters. The second-order valence-electron chi connectivity index (χ2n) is 6.30. The molecule has 0 aliphatic heterocycles. The third-order valence-electron chi connectivity index (χ3n) is 4.64. The Balaban J connectivity index is 2.26. The second kappa shape index (κ2) is 7.12. The molecular weight excluding hydrogens is 264 g/mol. The van der Waals surface area contributed by atoms with Gasteiger partial charge in [0.05, 0.1) is 5.69 Å². The molecule has 21 heavy (non-hydrogen) atoms. The van der Waals surface area contributed by atoms with Crippen molar-refractivity contribution in [3.05, 3.63) is 27.7 Å². The second-order valence-corrected chi connectivity index (χ2v) is 6.30. The van der Waals surface area contributed by atoms with E-state index in [1.165, 1.54) is 38.2 Å². The minimum absolute atomic E-state index is 0.0725. The van der Waals surface area contributed by atoms with Gasteiger partial charge in [0.2, 0.25) is 5.43 Å². The van der Waals surface area contributed by atoms with Crippen LogP contribution in [-0.2, 0) is 13.1 Å². The van der Waals surface area contributed by atoms with Crippen LogP contribution in [0.4, 0.5) is 0 Å². The lowest BCUT2D eigenvalue weighted by molar-refractivity contribution is 0.178. The molecule has 0 bridgehead atoms. The average Bonchev–Trinajstić information content (AvgIpc) is 2.49. The van der Waals surface area contributed by atoms with E-state index >= 15 is 0 Å². The first-order valence-corrected chi connectivity index (χ1v) is 8.17. The predicted octanol–water partition coefficient (Wildman–Crippen LogP) is 3.04. The maximum absolute atomic E-state index is 11.9. The molecule has 4 nitrogen and oxygen atoms in total. The van der Waals surface area contributed by atoms with Crippen molar-refractivity contribution in [3.8, 4) is 5.75 Å². The SMILES string of the molecule is CCCn1c(C)cc(=O)c(O)c1CN(C)C1CCCCC1. The third kappa shape index (κ3) is 3.67. The van der Waals surface area contributed by atoms with Crippen LogP contribution in [0.15, 0.2) is 10.9 Å². The minimum Gasteiger partial charge on any atom is -0.503 e. The van der Waals surface area contributed by atoms with Crippen LogP contribution in [0.5, 0.6) is 5.75 Å². The molecule has 1 fully saturated rings. The van der Waals surface area contributed by atoms with E-state index < -0.39 is 0 Å². The number of aryl methyl sites for hydroxylation is 1. The van der Waals surface area contributed by atoms with Crippen molar-refractivity contribution in [1.29, 1.82) is 0 Å². The zero-order valence-corrected chi connectivity index (χ0v) is 13.6. The Morgan fingerprint density at radius 3 is 2.62 bits per heavy atom. The Kier molecular flexibility index (Phi) is 5.45. The van der Waals surface area contributed by atoms with Gasteiger partial charge in [0.25, 0.3) is 0 Å². The highest BCUT2D eigenvalue weighted by Crippen LogP contribution is 2.24. The van der Waals surface area contributed by atoms with Gasteiger partial charge in [0.15, 0.2) is 5.75 Å². The summed E-state index contributed by atoms with van der Waals surface area (Å²) in [6.45, 7) is 5.55. The number of hydrogen-bond acceptors (Lipinski definition) is 3. The molecular formula is C17H28N2O2. The van der Waals surface area contributed by atoms with E-state index in [9.17, 15) is 9.90 Å². The summed E-state index contributed by atoms with van der Waals surface area (Å²) in [6.07, 6.45) is 7.35. The molecule has 1 saturated carbocycles. The first-order valence-electron chi connectivity index (χ1n) is 8.17. The maximum atomic E-state index is 11.9. The van der Waals surface area contributed by atoms with Crippen LogP contribution in [0.1, 0.15) is 56.8 Å². The lowest BCUT2D eigenvalue weighted by Crippen LogP contribution is -2.34. The molecule has 1 aromatic heterocycles. The standard InChI is InChI=1S/C17H28N2O2/c1-4-10-19-13(2)11-16(20)17(21)15(19)12-18(3)14-8-6-5-7-9-14/h11,14,21H,4-10,12H2,1-3H3. The van der Waals surface area contributed by atoms with Gasteiger partial charge in [-0.1, -0.05) is 26.2 Å². The highest BCUT2D eigenvalue weighted by molar-refractivity contribution is 5.29. The van der Waals surface area contributed by atoms with Crippen molar-refractivity contribution in [2.24, 2.45) is 0 Å². The molecule has 0 amide bonds. The van der Waals surface area contributed by atoms with Gasteiger partial charge in [-0.05, 0) is 33.2 Å². The fourth-order valence-corrected chi connectivity index (χ4v) is 3.40. The zero-order chi connectivity index (χ0) is 15.4. The molecule has 0 unspecified atom stereocenters. The molecule has 1 aromatic rings. The van der Waals surface area contributed by atoms with E-state index in [2.05, 4.69) is 23.4 Å². The van der Waals surface area contributed by atoms with Gasteiger partial charge in [-0.25, -0.2) is 0 Å². The van der Waals surface area contributed by atoms with Crippen LogP contribution in [0.3, 0.4) is 0 Å². The van der Waals surface area contributed by atoms with E-state index in [1.807, 2.05) is 6.92 Å². The van der Waals surface area contributed by atoms with E-state index in [1.54, 1.807) is 0 Å². The van der Waals surface area contributed by atoms with Crippen LogP contribution in [0.2, 0.25) is 0 Å². The largest absolute Gasteiger partial charge is 0.503 e. The monoisotopic (exact) mass is 292 g/mol. The van der Waals surface area contributed by atoms with Gasteiger partial charge in [0, 0.05) is 30.9 Å². The van der Waals surface area contributed by atoms with Gasteiger partial charge in [-0.15, -0.1) is 0 Å². The lowest BCUT2D eigenvalue weighted by atomic mass is 9.94. The third-order valence-corrected chi connectivity index (χ3v) is 4.64. The molecule has 0 saturated heterocycles. The summed E-state index contributed by atoms with van der Waals surface area (Å²) in [5, 5.41) is 10.2. The smallest absolute Gasteiger partial charge is 0.223 e. The Labute approximate surface area is 127 Å². The van der Waals surface area contributed by atoms with Crippen LogP contribution in [0.25, 0.3) is 0 Å². The highest BCUT2D eigenvalue weighted by Gasteiger charge is 2.21. The van der Waals surface area contributed by atoms with Crippen molar-refractivity contribution in [3.63, 3.8) is 0 Å². The Morgan fingerprint density at radius 1 is 1.33 bits per heavy atom. The summed E-state index contributed by atoms with van der Waals surface area (Å²) in [4.78, 5) is 14.2. The first kappa shape index (κ1) is 16.1. The fraction of sp³-hybridized carbons (Fsp3) is 0.706. The van der Waals surface area contributed by atoms with Crippen LogP contribution >= 0.6 is 0 Å². The molecule has 1 aliphatic rings. The number of nitrogens with zero attached hydrogens (tertiary/aromatic N) is 2. The molecule has 0 spiro atoms. The van der Waals surface area contributed by atoms with Crippen molar-refractivity contribution >= 4 is 0 Å². The van der Waals surface area contributed by atoms with Crippen molar-refractivity contribution in [2.45, 2.75) is 71.5 Å². The number of pyridine rings is 1. The van der Waals surface area contributed by atoms with E-state index in [0.29, 0.717) is 12.6 Å². The molecule has 0 aromatic carbocycles. The van der Waals surface area contributed by atoms with Gasteiger partial charge in [0.1, 0.15) is 0 Å². The lowest BCUT2D eigenvalue weighted by Gasteiger charge is -2.32. The molecule has 2 rings (SSSR count). The first-order chi connectivity index (χ1) is 10.0. The van der Waals surface area contributed by atoms with E-state index in [4.69, 9.17) is 0 Å². The zero-order valence-electron chi connectivity index (χ0n) is 13.6. The summed E-state index contributed by atoms with van der Waals surface area (Å²) in [5.74, 6) is -0.0725. The van der Waals surface area contributed by atoms with E-state index in [-0.39, 0.29) is 11.2 Å². The summed E-state index contributed by atoms with van der Waals surface area (Å²) < 4.78 is 2.09. The number of hydrogen-bond donors (Lipinski definition) is 1. The highest BCUT2D eigenvalue weighted by atomic mass is 16.3. The summed E-state index contributed by atoms with van der Waals surface area (Å²) in [6, 6.07) is 2.11. The number of aromatic hydroxyl groups is 1. The number of rotatable bonds is 5. The normalized spacial score (nSPS) is 16.6. The Hall–Kier alpha value is -1.29. The average molecular weight is 292 g/mol. The molecule has 4 heteroatoms. The van der Waals surface area contributed by atoms with Crippen molar-refractivity contribution in [2.75, 3.05) is 7.05 Å². The fourth-order valence-electron chi connectivity index (χ4n) is 3.40. The van der Waals surface area contributed by atoms with Gasteiger partial charge in [-0.3, -0.25) is 9.69 Å². The van der Waals surface area contributed by atoms with Crippen LogP contribution in [-0.4, -0.2) is 27.7 Å². The quantitative estimate of drug-likeness (QED) is 0.907. The maximum Gasteiger partial charge on any atom is 0.223 e. The molecule has 1 aliphatic carbocycles. The molecule has 118 valence electrons. The summed E-state index contributed by atoms with van der Waals surface area (Å²) in [7, 11) is 2.11. The molecule has 1 N–H and O–H groups in total. The van der Waals surface area contributed by atoms with Crippen molar-refractivity contribution in [1.82, 2.24) is 9.47 Å². The summed E-state index contributed by atoms with van der Waals surface area (Å²) in [5.41, 5.74) is 1.45. The van der Waals surface area contributed by atoms with E-state index in [0.717, 1.165) is 24.4 Å². The van der Waals surface area contributed by atoms with Gasteiger partial charge < -0.3 is 9.67 Å². The molecule has 0 radical (unpaired) electrons. The predicted molar refractivity (Wildman–Crippen MR) is 85.7 cm³/mol. The Morgan fingerprint density at radius 2 is 2.00 bits per heavy atom. The Bertz CT molecular complexity index is 530. The molecule has 1 heterocycles. The minimum atomic E-state index is -0.258.